The fourth-order valence-electron chi connectivity index (χ4n) is 2.80. The highest BCUT2D eigenvalue weighted by atomic mass is 32.1. The first-order valence-corrected chi connectivity index (χ1v) is 9.61. The first-order valence-electron chi connectivity index (χ1n) is 8.73. The number of phenolic OH excluding ortho intramolecular Hbond substituents is 1. The van der Waals surface area contributed by atoms with Gasteiger partial charge in [-0.1, -0.05) is 12.1 Å². The van der Waals surface area contributed by atoms with Gasteiger partial charge in [0.25, 0.3) is 0 Å². The highest BCUT2D eigenvalue weighted by Gasteiger charge is 2.14. The van der Waals surface area contributed by atoms with E-state index in [0.717, 1.165) is 34.1 Å². The molecule has 0 fully saturated rings. The highest BCUT2D eigenvalue weighted by Crippen LogP contribution is 2.28. The molecule has 1 atom stereocenters. The molecule has 0 bridgehead atoms. The standard InChI is InChI=1S/C21H24N2O2S/c1-4-25-20-10-8-16(9-11-20)21-22-18(14-26-21)13-23(3)15(2)17-6-5-7-19(24)12-17/h5-12,14-15,24H,4,13H2,1-3H3. The summed E-state index contributed by atoms with van der Waals surface area (Å²) in [6.45, 7) is 5.54. The van der Waals surface area contributed by atoms with Crippen LogP contribution in [0.15, 0.2) is 53.9 Å². The van der Waals surface area contributed by atoms with Crippen molar-refractivity contribution in [3.05, 3.63) is 65.2 Å². The Hall–Kier alpha value is -2.37. The Balaban J connectivity index is 1.67. The lowest BCUT2D eigenvalue weighted by atomic mass is 10.1. The molecule has 1 N–H and O–H groups in total. The predicted octanol–water partition coefficient (Wildman–Crippen LogP) is 5.11. The van der Waals surface area contributed by atoms with E-state index in [4.69, 9.17) is 9.72 Å². The molecule has 1 aromatic heterocycles. The van der Waals surface area contributed by atoms with Crippen LogP contribution in [0, 0.1) is 0 Å². The molecular weight excluding hydrogens is 344 g/mol. The molecule has 0 radical (unpaired) electrons. The van der Waals surface area contributed by atoms with Crippen LogP contribution in [0.5, 0.6) is 11.5 Å². The van der Waals surface area contributed by atoms with Gasteiger partial charge in [-0.05, 0) is 62.9 Å². The van der Waals surface area contributed by atoms with Crippen LogP contribution >= 0.6 is 11.3 Å². The van der Waals surface area contributed by atoms with Gasteiger partial charge in [0.05, 0.1) is 12.3 Å². The Morgan fingerprint density at radius 3 is 2.65 bits per heavy atom. The Morgan fingerprint density at radius 2 is 1.96 bits per heavy atom. The lowest BCUT2D eigenvalue weighted by Crippen LogP contribution is -2.22. The van der Waals surface area contributed by atoms with E-state index < -0.39 is 0 Å². The molecule has 0 spiro atoms. The van der Waals surface area contributed by atoms with E-state index in [2.05, 4.69) is 24.3 Å². The Labute approximate surface area is 158 Å². The van der Waals surface area contributed by atoms with Crippen molar-refractivity contribution >= 4 is 11.3 Å². The maximum Gasteiger partial charge on any atom is 0.123 e. The second-order valence-corrected chi connectivity index (χ2v) is 7.15. The molecule has 0 amide bonds. The normalized spacial score (nSPS) is 12.3. The van der Waals surface area contributed by atoms with E-state index in [-0.39, 0.29) is 6.04 Å². The van der Waals surface area contributed by atoms with Crippen molar-refractivity contribution in [2.45, 2.75) is 26.4 Å². The molecule has 0 aliphatic rings. The first-order chi connectivity index (χ1) is 12.6. The third kappa shape index (κ3) is 4.42. The van der Waals surface area contributed by atoms with E-state index in [0.29, 0.717) is 12.4 Å². The summed E-state index contributed by atoms with van der Waals surface area (Å²) < 4.78 is 5.49. The summed E-state index contributed by atoms with van der Waals surface area (Å²) in [7, 11) is 2.07. The SMILES string of the molecule is CCOc1ccc(-c2nc(CN(C)C(C)c3cccc(O)c3)cs2)cc1. The van der Waals surface area contributed by atoms with Crippen LogP contribution in [0.25, 0.3) is 10.6 Å². The molecule has 5 heteroatoms. The van der Waals surface area contributed by atoms with Crippen LogP contribution in [0.2, 0.25) is 0 Å². The van der Waals surface area contributed by atoms with Crippen LogP contribution in [0.4, 0.5) is 0 Å². The molecule has 136 valence electrons. The Bertz CT molecular complexity index is 845. The summed E-state index contributed by atoms with van der Waals surface area (Å²) >= 11 is 1.66. The molecule has 1 heterocycles. The zero-order valence-corrected chi connectivity index (χ0v) is 16.2. The number of aromatic hydroxyl groups is 1. The molecule has 3 rings (SSSR count). The molecular formula is C21H24N2O2S. The molecule has 2 aromatic carbocycles. The average molecular weight is 369 g/mol. The van der Waals surface area contributed by atoms with Gasteiger partial charge in [-0.3, -0.25) is 4.90 Å². The van der Waals surface area contributed by atoms with Crippen LogP contribution in [-0.4, -0.2) is 28.6 Å². The first kappa shape index (κ1) is 18.4. The van der Waals surface area contributed by atoms with Gasteiger partial charge in [-0.15, -0.1) is 11.3 Å². The number of nitrogens with zero attached hydrogens (tertiary/aromatic N) is 2. The van der Waals surface area contributed by atoms with E-state index in [1.165, 1.54) is 0 Å². The largest absolute Gasteiger partial charge is 0.508 e. The van der Waals surface area contributed by atoms with Crippen molar-refractivity contribution in [3.63, 3.8) is 0 Å². The van der Waals surface area contributed by atoms with Crippen molar-refractivity contribution in [3.8, 4) is 22.1 Å². The fourth-order valence-corrected chi connectivity index (χ4v) is 3.62. The van der Waals surface area contributed by atoms with Crippen LogP contribution in [-0.2, 0) is 6.54 Å². The maximum absolute atomic E-state index is 9.68. The summed E-state index contributed by atoms with van der Waals surface area (Å²) in [5.74, 6) is 1.18. The van der Waals surface area contributed by atoms with Crippen molar-refractivity contribution in [2.75, 3.05) is 13.7 Å². The summed E-state index contributed by atoms with van der Waals surface area (Å²) in [5, 5.41) is 12.8. The van der Waals surface area contributed by atoms with Gasteiger partial charge in [0, 0.05) is 23.5 Å². The van der Waals surface area contributed by atoms with Gasteiger partial charge in [0.1, 0.15) is 16.5 Å². The number of benzene rings is 2. The average Bonchev–Trinajstić information content (AvgIpc) is 3.10. The quantitative estimate of drug-likeness (QED) is 0.630. The third-order valence-corrected chi connectivity index (χ3v) is 5.33. The monoisotopic (exact) mass is 368 g/mol. The molecule has 0 aliphatic heterocycles. The molecule has 0 aliphatic carbocycles. The number of rotatable bonds is 7. The second kappa shape index (κ2) is 8.34. The van der Waals surface area contributed by atoms with Gasteiger partial charge < -0.3 is 9.84 Å². The van der Waals surface area contributed by atoms with E-state index in [9.17, 15) is 5.11 Å². The molecule has 1 unspecified atom stereocenters. The summed E-state index contributed by atoms with van der Waals surface area (Å²) in [6, 6.07) is 15.7. The summed E-state index contributed by atoms with van der Waals surface area (Å²) in [4.78, 5) is 7.00. The van der Waals surface area contributed by atoms with E-state index in [1.54, 1.807) is 17.4 Å². The molecule has 0 saturated heterocycles. The number of thiazole rings is 1. The number of hydrogen-bond donors (Lipinski definition) is 1. The topological polar surface area (TPSA) is 45.6 Å². The van der Waals surface area contributed by atoms with Crippen molar-refractivity contribution in [1.82, 2.24) is 9.88 Å². The Morgan fingerprint density at radius 1 is 1.19 bits per heavy atom. The van der Waals surface area contributed by atoms with Crippen molar-refractivity contribution < 1.29 is 9.84 Å². The minimum atomic E-state index is 0.192. The lowest BCUT2D eigenvalue weighted by Gasteiger charge is -2.24. The zero-order valence-electron chi connectivity index (χ0n) is 15.3. The molecule has 0 saturated carbocycles. The smallest absolute Gasteiger partial charge is 0.123 e. The zero-order chi connectivity index (χ0) is 18.5. The van der Waals surface area contributed by atoms with Gasteiger partial charge in [0.2, 0.25) is 0 Å². The van der Waals surface area contributed by atoms with Gasteiger partial charge >= 0.3 is 0 Å². The maximum atomic E-state index is 9.68. The van der Waals surface area contributed by atoms with E-state index in [1.807, 2.05) is 49.4 Å². The summed E-state index contributed by atoms with van der Waals surface area (Å²) in [5.41, 5.74) is 3.25. The molecule has 26 heavy (non-hydrogen) atoms. The van der Waals surface area contributed by atoms with E-state index >= 15 is 0 Å². The number of aromatic nitrogens is 1. The predicted molar refractivity (Wildman–Crippen MR) is 107 cm³/mol. The number of ether oxygens (including phenoxy) is 1. The van der Waals surface area contributed by atoms with Gasteiger partial charge in [-0.2, -0.15) is 0 Å². The van der Waals surface area contributed by atoms with Crippen LogP contribution in [0.3, 0.4) is 0 Å². The minimum Gasteiger partial charge on any atom is -0.508 e. The van der Waals surface area contributed by atoms with Gasteiger partial charge in [0.15, 0.2) is 0 Å². The minimum absolute atomic E-state index is 0.192. The fraction of sp³-hybridized carbons (Fsp3) is 0.286. The summed E-state index contributed by atoms with van der Waals surface area (Å²) in [6.07, 6.45) is 0. The number of phenols is 1. The van der Waals surface area contributed by atoms with Crippen LogP contribution < -0.4 is 4.74 Å². The third-order valence-electron chi connectivity index (χ3n) is 4.39. The molecule has 3 aromatic rings. The van der Waals surface area contributed by atoms with Gasteiger partial charge in [-0.25, -0.2) is 4.98 Å². The second-order valence-electron chi connectivity index (χ2n) is 6.29. The highest BCUT2D eigenvalue weighted by molar-refractivity contribution is 7.13. The number of hydrogen-bond acceptors (Lipinski definition) is 5. The van der Waals surface area contributed by atoms with Crippen molar-refractivity contribution in [2.24, 2.45) is 0 Å². The molecule has 4 nitrogen and oxygen atoms in total. The van der Waals surface area contributed by atoms with Crippen LogP contribution in [0.1, 0.15) is 31.1 Å². The van der Waals surface area contributed by atoms with Crippen molar-refractivity contribution in [1.29, 1.82) is 0 Å². The lowest BCUT2D eigenvalue weighted by molar-refractivity contribution is 0.250. The Kier molecular flexibility index (Phi) is 5.91.